The zero-order valence-electron chi connectivity index (χ0n) is 14.3. The molecule has 1 aliphatic heterocycles. The van der Waals surface area contributed by atoms with E-state index in [9.17, 15) is 4.79 Å². The van der Waals surface area contributed by atoms with E-state index in [0.717, 1.165) is 26.1 Å². The molecular formula is C21H26NO2+. The van der Waals surface area contributed by atoms with E-state index in [-0.39, 0.29) is 17.8 Å². The third-order valence-corrected chi connectivity index (χ3v) is 4.92. The standard InChI is InChI=1S/C21H25NO2/c1-2-24-21(23)19-13-14-22(15-17-9-5-3-6-10-17)16-20(19)18-11-7-4-8-12-18/h3-12,19-20H,2,13-16H2,1H3/p+1/t19-,20+/m0/s1. The maximum absolute atomic E-state index is 12.4. The molecule has 0 aromatic heterocycles. The Hall–Kier alpha value is -2.13. The number of esters is 1. The van der Waals surface area contributed by atoms with Gasteiger partial charge in [-0.15, -0.1) is 0 Å². The number of carbonyl (C=O) groups excluding carboxylic acids is 1. The molecule has 0 bridgehead atoms. The summed E-state index contributed by atoms with van der Waals surface area (Å²) in [5.41, 5.74) is 2.61. The first-order chi connectivity index (χ1) is 11.8. The molecule has 2 aromatic rings. The van der Waals surface area contributed by atoms with Gasteiger partial charge >= 0.3 is 5.97 Å². The fourth-order valence-electron chi connectivity index (χ4n) is 3.74. The van der Waals surface area contributed by atoms with Gasteiger partial charge in [0.05, 0.1) is 25.6 Å². The summed E-state index contributed by atoms with van der Waals surface area (Å²) >= 11 is 0. The van der Waals surface area contributed by atoms with Crippen LogP contribution >= 0.6 is 0 Å². The number of hydrogen-bond donors (Lipinski definition) is 1. The van der Waals surface area contributed by atoms with E-state index in [2.05, 4.69) is 54.6 Å². The molecule has 1 heterocycles. The molecular weight excluding hydrogens is 298 g/mol. The van der Waals surface area contributed by atoms with Crippen LogP contribution in [0.4, 0.5) is 0 Å². The van der Waals surface area contributed by atoms with E-state index in [4.69, 9.17) is 4.74 Å². The minimum atomic E-state index is -0.0369. The summed E-state index contributed by atoms with van der Waals surface area (Å²) in [5, 5.41) is 0. The molecule has 0 saturated carbocycles. The average Bonchev–Trinajstić information content (AvgIpc) is 2.63. The van der Waals surface area contributed by atoms with E-state index in [1.54, 1.807) is 0 Å². The predicted octanol–water partition coefficient (Wildman–Crippen LogP) is 2.44. The smallest absolute Gasteiger partial charge is 0.310 e. The van der Waals surface area contributed by atoms with E-state index in [0.29, 0.717) is 6.61 Å². The second-order valence-corrected chi connectivity index (χ2v) is 6.53. The molecule has 0 radical (unpaired) electrons. The fraction of sp³-hybridized carbons (Fsp3) is 0.381. The zero-order chi connectivity index (χ0) is 16.8. The summed E-state index contributed by atoms with van der Waals surface area (Å²) in [5.74, 6) is 0.176. The van der Waals surface area contributed by atoms with Crippen molar-refractivity contribution in [2.45, 2.75) is 25.8 Å². The number of likely N-dealkylation sites (tertiary alicyclic amines) is 1. The van der Waals surface area contributed by atoms with Crippen LogP contribution in [0.15, 0.2) is 60.7 Å². The van der Waals surface area contributed by atoms with Crippen molar-refractivity contribution in [3.05, 3.63) is 71.8 Å². The van der Waals surface area contributed by atoms with Crippen molar-refractivity contribution < 1.29 is 14.4 Å². The highest BCUT2D eigenvalue weighted by Gasteiger charge is 2.38. The van der Waals surface area contributed by atoms with E-state index >= 15 is 0 Å². The van der Waals surface area contributed by atoms with Crippen LogP contribution in [0, 0.1) is 5.92 Å². The van der Waals surface area contributed by atoms with Crippen LogP contribution < -0.4 is 4.90 Å². The van der Waals surface area contributed by atoms with Crippen molar-refractivity contribution in [1.29, 1.82) is 0 Å². The summed E-state index contributed by atoms with van der Waals surface area (Å²) in [6.07, 6.45) is 0.889. The Labute approximate surface area is 144 Å². The van der Waals surface area contributed by atoms with Gasteiger partial charge in [-0.25, -0.2) is 0 Å². The Morgan fingerprint density at radius 3 is 2.42 bits per heavy atom. The molecule has 1 unspecified atom stereocenters. The lowest BCUT2D eigenvalue weighted by molar-refractivity contribution is -0.921. The van der Waals surface area contributed by atoms with Gasteiger partial charge in [0.1, 0.15) is 6.54 Å². The van der Waals surface area contributed by atoms with Crippen LogP contribution in [0.2, 0.25) is 0 Å². The number of piperidine rings is 1. The molecule has 24 heavy (non-hydrogen) atoms. The number of ether oxygens (including phenoxy) is 1. The lowest BCUT2D eigenvalue weighted by atomic mass is 9.80. The topological polar surface area (TPSA) is 30.7 Å². The highest BCUT2D eigenvalue weighted by Crippen LogP contribution is 2.29. The first kappa shape index (κ1) is 16.7. The van der Waals surface area contributed by atoms with Crippen molar-refractivity contribution in [2.75, 3.05) is 19.7 Å². The highest BCUT2D eigenvalue weighted by atomic mass is 16.5. The summed E-state index contributed by atoms with van der Waals surface area (Å²) < 4.78 is 5.34. The van der Waals surface area contributed by atoms with Crippen molar-refractivity contribution in [3.63, 3.8) is 0 Å². The molecule has 2 aromatic carbocycles. The molecule has 3 heteroatoms. The number of nitrogens with one attached hydrogen (secondary N) is 1. The molecule has 3 atom stereocenters. The van der Waals surface area contributed by atoms with Gasteiger partial charge in [0.15, 0.2) is 0 Å². The van der Waals surface area contributed by atoms with Crippen molar-refractivity contribution in [3.8, 4) is 0 Å². The van der Waals surface area contributed by atoms with Gasteiger partial charge < -0.3 is 9.64 Å². The number of quaternary nitrogens is 1. The summed E-state index contributed by atoms with van der Waals surface area (Å²) in [7, 11) is 0. The predicted molar refractivity (Wildman–Crippen MR) is 94.8 cm³/mol. The minimum absolute atomic E-state index is 0.0214. The van der Waals surface area contributed by atoms with E-state index in [1.807, 2.05) is 13.0 Å². The Morgan fingerprint density at radius 1 is 1.08 bits per heavy atom. The van der Waals surface area contributed by atoms with Crippen molar-refractivity contribution >= 4 is 5.97 Å². The quantitative estimate of drug-likeness (QED) is 0.857. The van der Waals surface area contributed by atoms with Gasteiger partial charge in [0.2, 0.25) is 0 Å². The van der Waals surface area contributed by atoms with Gasteiger partial charge in [-0.1, -0.05) is 60.7 Å². The number of hydrogen-bond acceptors (Lipinski definition) is 2. The second-order valence-electron chi connectivity index (χ2n) is 6.53. The third kappa shape index (κ3) is 4.04. The summed E-state index contributed by atoms with van der Waals surface area (Å²) in [6.45, 7) is 5.34. The largest absolute Gasteiger partial charge is 0.466 e. The first-order valence-corrected chi connectivity index (χ1v) is 8.87. The molecule has 1 N–H and O–H groups in total. The van der Waals surface area contributed by atoms with Crippen LogP contribution in [0.25, 0.3) is 0 Å². The normalized spacial score (nSPS) is 23.6. The van der Waals surface area contributed by atoms with Gasteiger partial charge in [-0.3, -0.25) is 4.79 Å². The zero-order valence-corrected chi connectivity index (χ0v) is 14.3. The van der Waals surface area contributed by atoms with E-state index < -0.39 is 0 Å². The maximum Gasteiger partial charge on any atom is 0.310 e. The molecule has 1 aliphatic rings. The van der Waals surface area contributed by atoms with E-state index in [1.165, 1.54) is 16.0 Å². The molecule has 1 saturated heterocycles. The highest BCUT2D eigenvalue weighted by molar-refractivity contribution is 5.73. The minimum Gasteiger partial charge on any atom is -0.466 e. The molecule has 126 valence electrons. The maximum atomic E-state index is 12.4. The lowest BCUT2D eigenvalue weighted by Crippen LogP contribution is -3.12. The SMILES string of the molecule is CCOC(=O)[C@H]1CC[NH+](Cc2ccccc2)C[C@@H]1c1ccccc1. The summed E-state index contributed by atoms with van der Waals surface area (Å²) in [6, 6.07) is 21.0. The fourth-order valence-corrected chi connectivity index (χ4v) is 3.74. The Kier molecular flexibility index (Phi) is 5.65. The number of carbonyl (C=O) groups is 1. The number of benzene rings is 2. The van der Waals surface area contributed by atoms with Gasteiger partial charge in [-0.2, -0.15) is 0 Å². The molecule has 1 fully saturated rings. The third-order valence-electron chi connectivity index (χ3n) is 4.92. The first-order valence-electron chi connectivity index (χ1n) is 8.87. The van der Waals surface area contributed by atoms with Gasteiger partial charge in [0.25, 0.3) is 0 Å². The second kappa shape index (κ2) is 8.11. The van der Waals surface area contributed by atoms with Crippen LogP contribution in [0.1, 0.15) is 30.4 Å². The van der Waals surface area contributed by atoms with Crippen molar-refractivity contribution in [2.24, 2.45) is 5.92 Å². The molecule has 0 spiro atoms. The van der Waals surface area contributed by atoms with Crippen LogP contribution in [-0.4, -0.2) is 25.7 Å². The summed E-state index contributed by atoms with van der Waals surface area (Å²) in [4.78, 5) is 14.0. The van der Waals surface area contributed by atoms with Crippen molar-refractivity contribution in [1.82, 2.24) is 0 Å². The Bertz CT molecular complexity index is 641. The molecule has 0 amide bonds. The molecule has 3 rings (SSSR count). The molecule has 0 aliphatic carbocycles. The lowest BCUT2D eigenvalue weighted by Gasteiger charge is -2.35. The number of rotatable bonds is 5. The van der Waals surface area contributed by atoms with Crippen LogP contribution in [0.3, 0.4) is 0 Å². The molecule has 3 nitrogen and oxygen atoms in total. The van der Waals surface area contributed by atoms with Crippen LogP contribution in [-0.2, 0) is 16.1 Å². The average molecular weight is 324 g/mol. The Balaban J connectivity index is 1.76. The van der Waals surface area contributed by atoms with Crippen LogP contribution in [0.5, 0.6) is 0 Å². The van der Waals surface area contributed by atoms with Gasteiger partial charge in [-0.05, 0) is 12.5 Å². The van der Waals surface area contributed by atoms with Gasteiger partial charge in [0, 0.05) is 17.9 Å². The Morgan fingerprint density at radius 2 is 1.75 bits per heavy atom. The monoisotopic (exact) mass is 324 g/mol.